The molecule has 0 saturated heterocycles. The van der Waals surface area contributed by atoms with Gasteiger partial charge in [-0.05, 0) is 37.6 Å². The second-order valence-electron chi connectivity index (χ2n) is 4.36. The van der Waals surface area contributed by atoms with Gasteiger partial charge in [-0.1, -0.05) is 0 Å². The summed E-state index contributed by atoms with van der Waals surface area (Å²) in [6.07, 6.45) is 0. The fourth-order valence-electron chi connectivity index (χ4n) is 1.92. The number of carbonyl (C=O) groups is 1. The van der Waals surface area contributed by atoms with Crippen molar-refractivity contribution in [3.05, 3.63) is 52.7 Å². The van der Waals surface area contributed by atoms with Crippen molar-refractivity contribution in [3.8, 4) is 0 Å². The van der Waals surface area contributed by atoms with Crippen LogP contribution in [0.25, 0.3) is 0 Å². The first-order valence-electron chi connectivity index (χ1n) is 5.82. The molecule has 104 valence electrons. The predicted molar refractivity (Wildman–Crippen MR) is 70.3 cm³/mol. The Hall–Kier alpha value is -2.50. The van der Waals surface area contributed by atoms with Crippen LogP contribution in [0.15, 0.2) is 24.3 Å². The van der Waals surface area contributed by atoms with Crippen LogP contribution < -0.4 is 5.32 Å². The number of nitrogens with one attached hydrogen (secondary N) is 1. The minimum absolute atomic E-state index is 0.0282. The van der Waals surface area contributed by atoms with Crippen molar-refractivity contribution >= 4 is 17.5 Å². The van der Waals surface area contributed by atoms with Gasteiger partial charge in [0.15, 0.2) is 0 Å². The number of carboxylic acid groups (broad SMARTS) is 1. The number of aromatic nitrogens is 1. The van der Waals surface area contributed by atoms with Crippen LogP contribution in [0.5, 0.6) is 0 Å². The van der Waals surface area contributed by atoms with Crippen LogP contribution in [0.4, 0.5) is 20.3 Å². The van der Waals surface area contributed by atoms with Gasteiger partial charge in [0.2, 0.25) is 0 Å². The molecule has 0 unspecified atom stereocenters. The van der Waals surface area contributed by atoms with Crippen LogP contribution in [0.2, 0.25) is 0 Å². The first-order valence-corrected chi connectivity index (χ1v) is 5.82. The third-order valence-electron chi connectivity index (χ3n) is 2.74. The van der Waals surface area contributed by atoms with E-state index in [0.29, 0.717) is 17.3 Å². The fraction of sp³-hybridized carbons (Fsp3) is 0.143. The van der Waals surface area contributed by atoms with Crippen LogP contribution in [-0.4, -0.2) is 16.1 Å². The molecule has 0 amide bonds. The van der Waals surface area contributed by atoms with E-state index in [2.05, 4.69) is 10.3 Å². The molecular weight excluding hydrogens is 266 g/mol. The molecule has 0 atom stereocenters. The number of pyridine rings is 1. The maximum absolute atomic E-state index is 13.6. The van der Waals surface area contributed by atoms with Crippen LogP contribution in [0.3, 0.4) is 0 Å². The first kappa shape index (κ1) is 13.9. The largest absolute Gasteiger partial charge is 0.478 e. The third kappa shape index (κ3) is 2.74. The molecule has 0 aliphatic heterocycles. The van der Waals surface area contributed by atoms with Gasteiger partial charge in [-0.3, -0.25) is 0 Å². The Kier molecular flexibility index (Phi) is 3.65. The highest BCUT2D eigenvalue weighted by atomic mass is 19.1. The standard InChI is InChI=1S/C14H12F2N2O2/c1-7-5-8(2)17-13(12(7)14(19)20)18-11-4-3-9(15)6-10(11)16/h3-6H,1-2H3,(H,17,18)(H,19,20). The molecule has 0 fully saturated rings. The van der Waals surface area contributed by atoms with Crippen LogP contribution in [0.1, 0.15) is 21.6 Å². The molecule has 0 aliphatic carbocycles. The summed E-state index contributed by atoms with van der Waals surface area (Å²) in [5, 5.41) is 11.8. The van der Waals surface area contributed by atoms with E-state index in [1.54, 1.807) is 19.9 Å². The lowest BCUT2D eigenvalue weighted by Crippen LogP contribution is -2.09. The number of aryl methyl sites for hydroxylation is 2. The van der Waals surface area contributed by atoms with E-state index in [4.69, 9.17) is 0 Å². The Morgan fingerprint density at radius 1 is 1.25 bits per heavy atom. The molecule has 20 heavy (non-hydrogen) atoms. The van der Waals surface area contributed by atoms with E-state index in [-0.39, 0.29) is 17.1 Å². The zero-order valence-corrected chi connectivity index (χ0v) is 10.9. The summed E-state index contributed by atoms with van der Waals surface area (Å²) in [6, 6.07) is 4.60. The summed E-state index contributed by atoms with van der Waals surface area (Å²) in [5.41, 5.74) is 1.03. The van der Waals surface area contributed by atoms with Gasteiger partial charge in [-0.15, -0.1) is 0 Å². The van der Waals surface area contributed by atoms with Gasteiger partial charge in [0, 0.05) is 11.8 Å². The number of rotatable bonds is 3. The average molecular weight is 278 g/mol. The van der Waals surface area contributed by atoms with Gasteiger partial charge in [-0.2, -0.15) is 0 Å². The van der Waals surface area contributed by atoms with E-state index < -0.39 is 17.6 Å². The molecule has 0 spiro atoms. The molecule has 0 bridgehead atoms. The van der Waals surface area contributed by atoms with Gasteiger partial charge >= 0.3 is 5.97 Å². The minimum atomic E-state index is -1.17. The number of carboxylic acids is 1. The summed E-state index contributed by atoms with van der Waals surface area (Å²) in [4.78, 5) is 15.3. The summed E-state index contributed by atoms with van der Waals surface area (Å²) < 4.78 is 26.4. The molecule has 0 aliphatic rings. The van der Waals surface area contributed by atoms with E-state index in [1.165, 1.54) is 6.07 Å². The molecule has 6 heteroatoms. The molecule has 2 N–H and O–H groups in total. The van der Waals surface area contributed by atoms with Crippen molar-refractivity contribution in [2.45, 2.75) is 13.8 Å². The van der Waals surface area contributed by atoms with Gasteiger partial charge in [0.1, 0.15) is 23.0 Å². The van der Waals surface area contributed by atoms with E-state index >= 15 is 0 Å². The summed E-state index contributed by atoms with van der Waals surface area (Å²) in [7, 11) is 0. The second-order valence-corrected chi connectivity index (χ2v) is 4.36. The Bertz CT molecular complexity index is 687. The normalized spacial score (nSPS) is 10.4. The highest BCUT2D eigenvalue weighted by molar-refractivity contribution is 5.95. The zero-order valence-electron chi connectivity index (χ0n) is 10.9. The van der Waals surface area contributed by atoms with Crippen molar-refractivity contribution in [1.29, 1.82) is 0 Å². The molecular formula is C14H12F2N2O2. The number of hydrogen-bond donors (Lipinski definition) is 2. The van der Waals surface area contributed by atoms with Crippen molar-refractivity contribution < 1.29 is 18.7 Å². The zero-order chi connectivity index (χ0) is 14.9. The molecule has 0 radical (unpaired) electrons. The van der Waals surface area contributed by atoms with Crippen LogP contribution in [-0.2, 0) is 0 Å². The molecule has 4 nitrogen and oxygen atoms in total. The number of anilines is 2. The SMILES string of the molecule is Cc1cc(C)c(C(=O)O)c(Nc2ccc(F)cc2F)n1. The Morgan fingerprint density at radius 3 is 2.55 bits per heavy atom. The topological polar surface area (TPSA) is 62.2 Å². The molecule has 2 aromatic rings. The van der Waals surface area contributed by atoms with Crippen LogP contribution >= 0.6 is 0 Å². The Labute approximate surface area is 114 Å². The molecule has 1 heterocycles. The van der Waals surface area contributed by atoms with Gasteiger partial charge in [0.25, 0.3) is 0 Å². The van der Waals surface area contributed by atoms with E-state index in [9.17, 15) is 18.7 Å². The lowest BCUT2D eigenvalue weighted by molar-refractivity contribution is 0.0697. The number of halogens is 2. The molecule has 2 rings (SSSR count). The number of nitrogens with zero attached hydrogens (tertiary/aromatic N) is 1. The first-order chi connectivity index (χ1) is 9.38. The van der Waals surface area contributed by atoms with E-state index in [0.717, 1.165) is 6.07 Å². The molecule has 0 saturated carbocycles. The average Bonchev–Trinajstić information content (AvgIpc) is 2.31. The van der Waals surface area contributed by atoms with Crippen molar-refractivity contribution in [3.63, 3.8) is 0 Å². The van der Waals surface area contributed by atoms with Crippen molar-refractivity contribution in [1.82, 2.24) is 4.98 Å². The number of benzene rings is 1. The lowest BCUT2D eigenvalue weighted by atomic mass is 10.1. The smallest absolute Gasteiger partial charge is 0.339 e. The van der Waals surface area contributed by atoms with Gasteiger partial charge in [-0.25, -0.2) is 18.6 Å². The second kappa shape index (κ2) is 5.24. The van der Waals surface area contributed by atoms with E-state index in [1.807, 2.05) is 0 Å². The highest BCUT2D eigenvalue weighted by Gasteiger charge is 2.17. The molecule has 1 aromatic carbocycles. The number of aromatic carboxylic acids is 1. The van der Waals surface area contributed by atoms with Gasteiger partial charge in [0.05, 0.1) is 5.69 Å². The molecule has 1 aromatic heterocycles. The highest BCUT2D eigenvalue weighted by Crippen LogP contribution is 2.24. The Morgan fingerprint density at radius 2 is 1.95 bits per heavy atom. The summed E-state index contributed by atoms with van der Waals surface area (Å²) >= 11 is 0. The van der Waals surface area contributed by atoms with Gasteiger partial charge < -0.3 is 10.4 Å². The Balaban J connectivity index is 2.50. The van der Waals surface area contributed by atoms with Crippen LogP contribution in [0, 0.1) is 25.5 Å². The lowest BCUT2D eigenvalue weighted by Gasteiger charge is -2.12. The fourth-order valence-corrected chi connectivity index (χ4v) is 1.92. The van der Waals surface area contributed by atoms with Crippen molar-refractivity contribution in [2.24, 2.45) is 0 Å². The monoisotopic (exact) mass is 278 g/mol. The van der Waals surface area contributed by atoms with Crippen molar-refractivity contribution in [2.75, 3.05) is 5.32 Å². The maximum Gasteiger partial charge on any atom is 0.339 e. The summed E-state index contributed by atoms with van der Waals surface area (Å²) in [6.45, 7) is 3.33. The third-order valence-corrected chi connectivity index (χ3v) is 2.74. The quantitative estimate of drug-likeness (QED) is 0.903. The summed E-state index contributed by atoms with van der Waals surface area (Å²) in [5.74, 6) is -2.66. The number of hydrogen-bond acceptors (Lipinski definition) is 3. The minimum Gasteiger partial charge on any atom is -0.478 e. The maximum atomic E-state index is 13.6. The predicted octanol–water partition coefficient (Wildman–Crippen LogP) is 3.42.